The van der Waals surface area contributed by atoms with Crippen molar-refractivity contribution >= 4 is 29.0 Å². The molecule has 8 N–H and O–H groups in total. The summed E-state index contributed by atoms with van der Waals surface area (Å²) >= 11 is 0. The number of amides is 1. The molecule has 222 valence electrons. The molecule has 14 heteroatoms. The monoisotopic (exact) mass is 580 g/mol. The molecule has 1 aromatic carbocycles. The van der Waals surface area contributed by atoms with E-state index in [1.807, 2.05) is 0 Å². The van der Waals surface area contributed by atoms with Gasteiger partial charge in [0.05, 0.1) is 28.8 Å². The van der Waals surface area contributed by atoms with Crippen LogP contribution in [0.4, 0.5) is 13.2 Å². The average Bonchev–Trinajstić information content (AvgIpc) is 3.42. The minimum absolute atomic E-state index is 0.0200. The third-order valence-corrected chi connectivity index (χ3v) is 9.05. The normalized spacial score (nSPS) is 33.4. The van der Waals surface area contributed by atoms with Crippen LogP contribution in [0.2, 0.25) is 0 Å². The van der Waals surface area contributed by atoms with Gasteiger partial charge in [-0.15, -0.1) is 0 Å². The van der Waals surface area contributed by atoms with Gasteiger partial charge in [0.2, 0.25) is 5.91 Å². The minimum atomic E-state index is -4.89. The van der Waals surface area contributed by atoms with Gasteiger partial charge in [0.25, 0.3) is 0 Å². The van der Waals surface area contributed by atoms with Gasteiger partial charge in [0.1, 0.15) is 11.7 Å². The number of rotatable bonds is 6. The summed E-state index contributed by atoms with van der Waals surface area (Å²) in [6, 6.07) is -1.20. The quantitative estimate of drug-likeness (QED) is 0.181. The van der Waals surface area contributed by atoms with Crippen molar-refractivity contribution in [1.82, 2.24) is 10.6 Å². The highest BCUT2D eigenvalue weighted by Crippen LogP contribution is 2.53. The van der Waals surface area contributed by atoms with E-state index in [1.54, 1.807) is 0 Å². The number of fused-ring (bicyclic) bond motifs is 3. The van der Waals surface area contributed by atoms with Crippen LogP contribution in [-0.4, -0.2) is 75.6 Å². The molecule has 1 aliphatic heterocycles. The fraction of sp³-hybridized carbons (Fsp3) is 0.593. The van der Waals surface area contributed by atoms with E-state index in [2.05, 4.69) is 10.6 Å². The van der Waals surface area contributed by atoms with Crippen molar-refractivity contribution in [1.29, 1.82) is 5.41 Å². The Morgan fingerprint density at radius 1 is 1.27 bits per heavy atom. The van der Waals surface area contributed by atoms with Crippen LogP contribution in [0.15, 0.2) is 6.07 Å². The average molecular weight is 581 g/mol. The molecule has 1 saturated heterocycles. The second-order valence-corrected chi connectivity index (χ2v) is 11.3. The zero-order valence-corrected chi connectivity index (χ0v) is 21.9. The zero-order valence-electron chi connectivity index (χ0n) is 21.9. The number of primary amides is 1. The minimum Gasteiger partial charge on any atom is -0.507 e. The van der Waals surface area contributed by atoms with E-state index in [1.165, 1.54) is 0 Å². The van der Waals surface area contributed by atoms with Gasteiger partial charge in [0, 0.05) is 18.6 Å². The number of Topliss-reactive ketones (excluding diaryl/α,β-unsaturated/α-hetero) is 3. The first-order chi connectivity index (χ1) is 19.2. The molecule has 0 bridgehead atoms. The van der Waals surface area contributed by atoms with Gasteiger partial charge < -0.3 is 37.1 Å². The largest absolute Gasteiger partial charge is 0.507 e. The first-order valence-corrected chi connectivity index (χ1v) is 13.5. The number of benzene rings is 1. The molecule has 0 spiro atoms. The van der Waals surface area contributed by atoms with Crippen molar-refractivity contribution in [2.45, 2.75) is 56.0 Å². The Morgan fingerprint density at radius 2 is 1.98 bits per heavy atom. The van der Waals surface area contributed by atoms with Crippen LogP contribution in [0.25, 0.3) is 0 Å². The highest BCUT2D eigenvalue weighted by atomic mass is 19.4. The summed E-state index contributed by atoms with van der Waals surface area (Å²) in [4.78, 5) is 53.1. The number of aliphatic hydroxyl groups excluding tert-OH is 1. The van der Waals surface area contributed by atoms with Crippen LogP contribution < -0.4 is 16.4 Å². The number of phenolic OH excluding ortho intramolecular Hbond substituents is 1. The lowest BCUT2D eigenvalue weighted by molar-refractivity contribution is -0.154. The van der Waals surface area contributed by atoms with Crippen LogP contribution in [-0.2, 0) is 27.0 Å². The van der Waals surface area contributed by atoms with Gasteiger partial charge in [-0.2, -0.15) is 13.2 Å². The number of hydrogen-bond acceptors (Lipinski definition) is 10. The van der Waals surface area contributed by atoms with Crippen molar-refractivity contribution in [3.8, 4) is 5.75 Å². The number of halogens is 3. The van der Waals surface area contributed by atoms with Gasteiger partial charge in [0.15, 0.2) is 23.0 Å². The number of nitrogens with two attached hydrogens (primary N) is 1. The highest BCUT2D eigenvalue weighted by molar-refractivity contribution is 6.33. The molecule has 3 fully saturated rings. The van der Waals surface area contributed by atoms with Gasteiger partial charge in [-0.1, -0.05) is 0 Å². The third-order valence-electron chi connectivity index (χ3n) is 9.05. The van der Waals surface area contributed by atoms with E-state index in [0.717, 1.165) is 6.07 Å². The second kappa shape index (κ2) is 10.3. The smallest absolute Gasteiger partial charge is 0.417 e. The van der Waals surface area contributed by atoms with Crippen molar-refractivity contribution < 1.29 is 47.7 Å². The lowest BCUT2D eigenvalue weighted by Gasteiger charge is -2.52. The molecule has 0 aromatic heterocycles. The predicted molar refractivity (Wildman–Crippen MR) is 135 cm³/mol. The van der Waals surface area contributed by atoms with Crippen molar-refractivity contribution in [2.24, 2.45) is 29.4 Å². The maximum Gasteiger partial charge on any atom is 0.417 e. The summed E-state index contributed by atoms with van der Waals surface area (Å²) in [7, 11) is 0. The number of carbonyl (C=O) groups excluding carboxylic acids is 4. The van der Waals surface area contributed by atoms with Crippen LogP contribution in [0.1, 0.15) is 58.8 Å². The molecule has 1 amide bonds. The van der Waals surface area contributed by atoms with Crippen molar-refractivity contribution in [3.63, 3.8) is 0 Å². The van der Waals surface area contributed by atoms with E-state index in [-0.39, 0.29) is 31.6 Å². The molecular formula is C27H31F3N4O7. The van der Waals surface area contributed by atoms with Crippen LogP contribution in [0.3, 0.4) is 0 Å². The summed E-state index contributed by atoms with van der Waals surface area (Å²) in [5.41, 5.74) is -0.754. The molecule has 4 aliphatic rings. The van der Waals surface area contributed by atoms with E-state index in [0.29, 0.717) is 19.4 Å². The molecule has 41 heavy (non-hydrogen) atoms. The number of nitrogens with one attached hydrogen (secondary N) is 3. The highest BCUT2D eigenvalue weighted by Gasteiger charge is 2.67. The molecular weight excluding hydrogens is 549 g/mol. The molecule has 2 saturated carbocycles. The maximum atomic E-state index is 14.6. The van der Waals surface area contributed by atoms with E-state index in [4.69, 9.17) is 16.2 Å². The fourth-order valence-corrected chi connectivity index (χ4v) is 7.31. The number of carbonyl (C=O) groups is 4. The second-order valence-electron chi connectivity index (χ2n) is 11.3. The molecule has 7 unspecified atom stereocenters. The predicted octanol–water partition coefficient (Wildman–Crippen LogP) is 0.171. The van der Waals surface area contributed by atoms with Crippen LogP contribution in [0.5, 0.6) is 5.75 Å². The van der Waals surface area contributed by atoms with Gasteiger partial charge in [-0.05, 0) is 68.3 Å². The number of ketones is 3. The number of hydrogen-bond donors (Lipinski definition) is 7. The molecule has 1 heterocycles. The number of alkyl halides is 3. The molecule has 3 aliphatic carbocycles. The first-order valence-electron chi connectivity index (χ1n) is 13.5. The Labute approximate surface area is 232 Å². The first kappa shape index (κ1) is 29.3. The number of aromatic hydroxyl groups is 1. The standard InChI is InChI=1S/C27H31F3N4O7/c28-27(29,30)19-11(14-3-1-4-33-14)9-15(36)17-12(19)7-10-8-13-20(34-5-2-6-35)22(38)18(25(32)40)23(31)26(13,41)24(39)16(10)21(17)37/h9-10,13-14,16,18,20,31,33-36,41H,1-8H2,(H2,32,40). The summed E-state index contributed by atoms with van der Waals surface area (Å²) < 4.78 is 43.7. The van der Waals surface area contributed by atoms with Crippen molar-refractivity contribution in [3.05, 3.63) is 28.3 Å². The van der Waals surface area contributed by atoms with Gasteiger partial charge >= 0.3 is 6.18 Å². The topological polar surface area (TPSA) is 203 Å². The van der Waals surface area contributed by atoms with E-state index >= 15 is 0 Å². The van der Waals surface area contributed by atoms with Crippen LogP contribution in [0, 0.1) is 29.1 Å². The summed E-state index contributed by atoms with van der Waals surface area (Å²) in [5.74, 6) is -11.4. The van der Waals surface area contributed by atoms with E-state index < -0.39 is 105 Å². The Balaban J connectivity index is 1.64. The molecule has 1 aromatic rings. The Bertz CT molecular complexity index is 1340. The third kappa shape index (κ3) is 4.39. The molecule has 0 radical (unpaired) electrons. The summed E-state index contributed by atoms with van der Waals surface area (Å²) in [6.45, 7) is 0.232. The molecule has 5 rings (SSSR count). The maximum absolute atomic E-state index is 14.6. The summed E-state index contributed by atoms with van der Waals surface area (Å²) in [5, 5.41) is 46.0. The molecule has 11 nitrogen and oxygen atoms in total. The number of aliphatic hydroxyl groups is 2. The summed E-state index contributed by atoms with van der Waals surface area (Å²) in [6.07, 6.45) is -4.48. The lowest BCUT2D eigenvalue weighted by Crippen LogP contribution is -2.74. The van der Waals surface area contributed by atoms with Crippen molar-refractivity contribution in [2.75, 3.05) is 19.7 Å². The Morgan fingerprint density at radius 3 is 2.56 bits per heavy atom. The van der Waals surface area contributed by atoms with Gasteiger partial charge in [-0.3, -0.25) is 19.2 Å². The van der Waals surface area contributed by atoms with E-state index in [9.17, 15) is 42.6 Å². The van der Waals surface area contributed by atoms with Gasteiger partial charge in [-0.25, -0.2) is 0 Å². The Kier molecular flexibility index (Phi) is 7.33. The fourth-order valence-electron chi connectivity index (χ4n) is 7.31. The van der Waals surface area contributed by atoms with Crippen LogP contribution >= 0.6 is 0 Å². The SMILES string of the molecule is N=C1C(C(N)=O)C(=O)C(NCCCO)C2CC3Cc4c(c(O)cc(C5CCCN5)c4C(F)(F)F)C(=O)C3C(=O)C12O. The lowest BCUT2D eigenvalue weighted by atomic mass is 9.52. The Hall–Kier alpha value is -3.20. The molecule has 7 atom stereocenters. The zero-order chi connectivity index (χ0) is 30.0. The number of phenols is 1.